The maximum Gasteiger partial charge on any atom is 0.0239 e. The largest absolute Gasteiger partial charge is 0.326 e. The SMILES string of the molecule is Cc1cc(C)c(CN2CC[C@H](N)C2)c(C)c1.Cl. The molecule has 2 rings (SSSR count). The van der Waals surface area contributed by atoms with Gasteiger partial charge in [0.05, 0.1) is 0 Å². The van der Waals surface area contributed by atoms with Gasteiger partial charge in [0.1, 0.15) is 0 Å². The molecule has 0 aromatic heterocycles. The average Bonchev–Trinajstić information content (AvgIpc) is 2.58. The molecule has 1 aromatic rings. The predicted molar refractivity (Wildman–Crippen MR) is 75.8 cm³/mol. The first-order valence-corrected chi connectivity index (χ1v) is 6.11. The molecule has 0 radical (unpaired) electrons. The van der Waals surface area contributed by atoms with E-state index in [1.54, 1.807) is 0 Å². The first-order chi connectivity index (χ1) is 7.56. The van der Waals surface area contributed by atoms with Crippen LogP contribution in [0.3, 0.4) is 0 Å². The highest BCUT2D eigenvalue weighted by Crippen LogP contribution is 2.20. The van der Waals surface area contributed by atoms with E-state index < -0.39 is 0 Å². The fourth-order valence-electron chi connectivity index (χ4n) is 2.69. The van der Waals surface area contributed by atoms with E-state index in [2.05, 4.69) is 37.8 Å². The summed E-state index contributed by atoms with van der Waals surface area (Å²) in [6.07, 6.45) is 1.14. The van der Waals surface area contributed by atoms with Crippen molar-refractivity contribution in [3.8, 4) is 0 Å². The summed E-state index contributed by atoms with van der Waals surface area (Å²) in [5.74, 6) is 0. The van der Waals surface area contributed by atoms with Crippen LogP contribution in [-0.2, 0) is 6.54 Å². The van der Waals surface area contributed by atoms with Crippen molar-refractivity contribution in [2.45, 2.75) is 39.8 Å². The maximum atomic E-state index is 5.94. The first kappa shape index (κ1) is 14.5. The number of rotatable bonds is 2. The molecule has 1 aliphatic heterocycles. The van der Waals surface area contributed by atoms with Gasteiger partial charge in [-0.25, -0.2) is 0 Å². The Hall–Kier alpha value is -0.570. The molecular formula is C14H23ClN2. The van der Waals surface area contributed by atoms with Crippen LogP contribution in [0.25, 0.3) is 0 Å². The monoisotopic (exact) mass is 254 g/mol. The fraction of sp³-hybridized carbons (Fsp3) is 0.571. The second-order valence-corrected chi connectivity index (χ2v) is 5.16. The number of aryl methyl sites for hydroxylation is 3. The van der Waals surface area contributed by atoms with Gasteiger partial charge in [0.25, 0.3) is 0 Å². The van der Waals surface area contributed by atoms with E-state index in [9.17, 15) is 0 Å². The average molecular weight is 255 g/mol. The zero-order valence-electron chi connectivity index (χ0n) is 11.0. The van der Waals surface area contributed by atoms with Crippen LogP contribution in [-0.4, -0.2) is 24.0 Å². The van der Waals surface area contributed by atoms with Gasteiger partial charge in [0.15, 0.2) is 0 Å². The molecule has 1 aliphatic rings. The van der Waals surface area contributed by atoms with Crippen molar-refractivity contribution in [2.75, 3.05) is 13.1 Å². The quantitative estimate of drug-likeness (QED) is 0.879. The number of nitrogens with two attached hydrogens (primary N) is 1. The zero-order chi connectivity index (χ0) is 11.7. The molecule has 1 aromatic carbocycles. The molecule has 96 valence electrons. The topological polar surface area (TPSA) is 29.3 Å². The number of benzene rings is 1. The Morgan fingerprint density at radius 1 is 1.24 bits per heavy atom. The molecule has 1 saturated heterocycles. The molecule has 1 atom stereocenters. The summed E-state index contributed by atoms with van der Waals surface area (Å²) in [6, 6.07) is 4.93. The van der Waals surface area contributed by atoms with Gasteiger partial charge in [-0.2, -0.15) is 0 Å². The van der Waals surface area contributed by atoms with Crippen LogP contribution in [0.4, 0.5) is 0 Å². The van der Waals surface area contributed by atoms with Crippen molar-refractivity contribution in [3.63, 3.8) is 0 Å². The third kappa shape index (κ3) is 3.44. The van der Waals surface area contributed by atoms with Gasteiger partial charge in [-0.05, 0) is 43.9 Å². The molecule has 0 spiro atoms. The van der Waals surface area contributed by atoms with Crippen LogP contribution in [0.1, 0.15) is 28.7 Å². The van der Waals surface area contributed by atoms with Crippen LogP contribution < -0.4 is 5.73 Å². The Bertz CT molecular complexity index is 367. The molecule has 0 bridgehead atoms. The summed E-state index contributed by atoms with van der Waals surface area (Å²) in [7, 11) is 0. The van der Waals surface area contributed by atoms with E-state index in [1.807, 2.05) is 0 Å². The molecule has 0 amide bonds. The van der Waals surface area contributed by atoms with Crippen LogP contribution >= 0.6 is 12.4 Å². The highest BCUT2D eigenvalue weighted by atomic mass is 35.5. The summed E-state index contributed by atoms with van der Waals surface area (Å²) in [5.41, 5.74) is 11.6. The van der Waals surface area contributed by atoms with Gasteiger partial charge in [-0.1, -0.05) is 17.7 Å². The second-order valence-electron chi connectivity index (χ2n) is 5.16. The maximum absolute atomic E-state index is 5.94. The van der Waals surface area contributed by atoms with Gasteiger partial charge >= 0.3 is 0 Å². The number of hydrogen-bond acceptors (Lipinski definition) is 2. The fourth-order valence-corrected chi connectivity index (χ4v) is 2.69. The second kappa shape index (κ2) is 5.85. The highest BCUT2D eigenvalue weighted by Gasteiger charge is 2.19. The summed E-state index contributed by atoms with van der Waals surface area (Å²) in [5, 5.41) is 0. The minimum Gasteiger partial charge on any atom is -0.326 e. The van der Waals surface area contributed by atoms with Crippen LogP contribution in [0, 0.1) is 20.8 Å². The van der Waals surface area contributed by atoms with Gasteiger partial charge < -0.3 is 5.73 Å². The third-order valence-electron chi connectivity index (χ3n) is 3.53. The van der Waals surface area contributed by atoms with Gasteiger partial charge in [-0.15, -0.1) is 12.4 Å². The molecule has 2 nitrogen and oxygen atoms in total. The Labute approximate surface area is 111 Å². The minimum atomic E-state index is 0. The normalized spacial score (nSPS) is 20.4. The van der Waals surface area contributed by atoms with E-state index in [-0.39, 0.29) is 12.4 Å². The van der Waals surface area contributed by atoms with Crippen molar-refractivity contribution in [2.24, 2.45) is 5.73 Å². The lowest BCUT2D eigenvalue weighted by Crippen LogP contribution is -2.26. The van der Waals surface area contributed by atoms with Crippen LogP contribution in [0.15, 0.2) is 12.1 Å². The molecule has 0 saturated carbocycles. The summed E-state index contributed by atoms with van der Waals surface area (Å²) in [6.45, 7) is 9.85. The molecule has 2 N–H and O–H groups in total. The summed E-state index contributed by atoms with van der Waals surface area (Å²) in [4.78, 5) is 2.47. The van der Waals surface area contributed by atoms with Crippen molar-refractivity contribution >= 4 is 12.4 Å². The van der Waals surface area contributed by atoms with Crippen molar-refractivity contribution < 1.29 is 0 Å². The Balaban J connectivity index is 0.00000144. The van der Waals surface area contributed by atoms with Crippen molar-refractivity contribution in [1.82, 2.24) is 4.90 Å². The Kier molecular flexibility index (Phi) is 4.99. The summed E-state index contributed by atoms with van der Waals surface area (Å²) >= 11 is 0. The van der Waals surface area contributed by atoms with E-state index >= 15 is 0 Å². The van der Waals surface area contributed by atoms with E-state index in [0.29, 0.717) is 6.04 Å². The zero-order valence-corrected chi connectivity index (χ0v) is 11.8. The third-order valence-corrected chi connectivity index (χ3v) is 3.53. The van der Waals surface area contributed by atoms with Crippen LogP contribution in [0.5, 0.6) is 0 Å². The smallest absolute Gasteiger partial charge is 0.0239 e. The number of nitrogens with zero attached hydrogens (tertiary/aromatic N) is 1. The Morgan fingerprint density at radius 2 is 1.82 bits per heavy atom. The van der Waals surface area contributed by atoms with Crippen LogP contribution in [0.2, 0.25) is 0 Å². The lowest BCUT2D eigenvalue weighted by molar-refractivity contribution is 0.325. The van der Waals surface area contributed by atoms with E-state index in [0.717, 1.165) is 26.1 Å². The molecule has 3 heteroatoms. The highest BCUT2D eigenvalue weighted by molar-refractivity contribution is 5.85. The van der Waals surface area contributed by atoms with Crippen molar-refractivity contribution in [1.29, 1.82) is 0 Å². The van der Waals surface area contributed by atoms with Gasteiger partial charge in [-0.3, -0.25) is 4.90 Å². The molecule has 17 heavy (non-hydrogen) atoms. The Morgan fingerprint density at radius 3 is 2.29 bits per heavy atom. The van der Waals surface area contributed by atoms with Gasteiger partial charge in [0, 0.05) is 25.7 Å². The van der Waals surface area contributed by atoms with E-state index in [4.69, 9.17) is 5.73 Å². The number of likely N-dealkylation sites (tertiary alicyclic amines) is 1. The molecule has 0 aliphatic carbocycles. The van der Waals surface area contributed by atoms with Gasteiger partial charge in [0.2, 0.25) is 0 Å². The first-order valence-electron chi connectivity index (χ1n) is 6.11. The molecule has 1 heterocycles. The molecule has 0 unspecified atom stereocenters. The lowest BCUT2D eigenvalue weighted by Gasteiger charge is -2.19. The number of hydrogen-bond donors (Lipinski definition) is 1. The minimum absolute atomic E-state index is 0. The standard InChI is InChI=1S/C14H22N2.ClH/c1-10-6-11(2)14(12(3)7-10)9-16-5-4-13(15)8-16;/h6-7,13H,4-5,8-9,15H2,1-3H3;1H/t13-;/m0./s1. The molecular weight excluding hydrogens is 232 g/mol. The molecule has 1 fully saturated rings. The number of halogens is 1. The summed E-state index contributed by atoms with van der Waals surface area (Å²) < 4.78 is 0. The van der Waals surface area contributed by atoms with Crippen molar-refractivity contribution in [3.05, 3.63) is 34.4 Å². The van der Waals surface area contributed by atoms with E-state index in [1.165, 1.54) is 22.3 Å². The predicted octanol–water partition coefficient (Wildman–Crippen LogP) is 2.57. The lowest BCUT2D eigenvalue weighted by atomic mass is 9.99.